The van der Waals surface area contributed by atoms with Gasteiger partial charge in [-0.1, -0.05) is 180 Å². The van der Waals surface area contributed by atoms with Crippen LogP contribution in [0.1, 0.15) is 128 Å². The van der Waals surface area contributed by atoms with E-state index in [4.69, 9.17) is 9.72 Å². The van der Waals surface area contributed by atoms with Crippen molar-refractivity contribution in [3.63, 3.8) is 0 Å². The molecule has 3 aliphatic rings. The van der Waals surface area contributed by atoms with Gasteiger partial charge >= 0.3 is 0 Å². The lowest BCUT2D eigenvalue weighted by molar-refractivity contribution is 0.484. The Morgan fingerprint density at radius 3 is 1.76 bits per heavy atom. The van der Waals surface area contributed by atoms with E-state index in [-0.39, 0.29) is 21.7 Å². The van der Waals surface area contributed by atoms with E-state index in [1.807, 2.05) is 12.3 Å². The van der Waals surface area contributed by atoms with E-state index in [0.29, 0.717) is 0 Å². The summed E-state index contributed by atoms with van der Waals surface area (Å²) in [6.07, 6.45) is 1.87. The van der Waals surface area contributed by atoms with E-state index >= 15 is 0 Å². The predicted molar refractivity (Wildman–Crippen MR) is 298 cm³/mol. The molecule has 7 aromatic carbocycles. The van der Waals surface area contributed by atoms with Crippen molar-refractivity contribution in [3.05, 3.63) is 196 Å². The molecule has 4 heterocycles. The molecule has 0 unspecified atom stereocenters. The normalized spacial score (nSPS) is 14.8. The summed E-state index contributed by atoms with van der Waals surface area (Å²) in [6.45, 7) is 29.5. The van der Waals surface area contributed by atoms with Crippen molar-refractivity contribution in [1.82, 2.24) is 9.55 Å². The van der Waals surface area contributed by atoms with Gasteiger partial charge in [-0.25, -0.2) is 4.98 Å². The molecule has 0 amide bonds. The van der Waals surface area contributed by atoms with Gasteiger partial charge in [0.05, 0.1) is 40.2 Å². The Labute approximate surface area is 420 Å². The maximum absolute atomic E-state index is 7.43. The zero-order valence-electron chi connectivity index (χ0n) is 43.8. The molecule has 356 valence electrons. The smallest absolute Gasteiger partial charge is 0.137 e. The number of pyridine rings is 1. The Hall–Kier alpha value is -7.11. The highest BCUT2D eigenvalue weighted by molar-refractivity contribution is 6.11. The first-order chi connectivity index (χ1) is 33.7. The lowest BCUT2D eigenvalue weighted by Crippen LogP contribution is -2.40. The molecule has 0 bridgehead atoms. The van der Waals surface area contributed by atoms with Crippen LogP contribution >= 0.6 is 0 Å². The molecule has 0 saturated heterocycles. The number of aromatic nitrogens is 2. The van der Waals surface area contributed by atoms with Gasteiger partial charge in [-0.05, 0) is 119 Å². The number of nitrogens with zero attached hydrogens (tertiary/aromatic N) is 4. The number of fused-ring (bicyclic) bond motifs is 12. The highest BCUT2D eigenvalue weighted by atomic mass is 16.5. The Balaban J connectivity index is 1.17. The molecule has 0 fully saturated rings. The molecule has 5 heteroatoms. The number of rotatable bonds is 4. The van der Waals surface area contributed by atoms with Gasteiger partial charge in [0.25, 0.3) is 0 Å². The summed E-state index contributed by atoms with van der Waals surface area (Å²) < 4.78 is 9.70. The number of hydrogen-bond acceptors (Lipinski definition) is 4. The maximum atomic E-state index is 7.43. The van der Waals surface area contributed by atoms with Gasteiger partial charge in [-0.2, -0.15) is 0 Å². The summed E-state index contributed by atoms with van der Waals surface area (Å²) in [5, 5.41) is 2.33. The summed E-state index contributed by atoms with van der Waals surface area (Å²) in [6, 6.07) is 54.4. The molecule has 9 aromatic rings. The third-order valence-corrected chi connectivity index (χ3v) is 15.7. The van der Waals surface area contributed by atoms with Crippen molar-refractivity contribution in [3.8, 4) is 39.6 Å². The van der Waals surface area contributed by atoms with Crippen molar-refractivity contribution < 1.29 is 4.74 Å². The van der Waals surface area contributed by atoms with E-state index in [9.17, 15) is 0 Å². The molecule has 0 radical (unpaired) electrons. The molecule has 1 aliphatic carbocycles. The first-order valence-electron chi connectivity index (χ1n) is 25.5. The fourth-order valence-electron chi connectivity index (χ4n) is 12.3. The van der Waals surface area contributed by atoms with Gasteiger partial charge in [0.15, 0.2) is 0 Å². The number of ether oxygens (including phenoxy) is 1. The quantitative estimate of drug-likeness (QED) is 0.176. The number of para-hydroxylation sites is 2. The third-order valence-electron chi connectivity index (χ3n) is 15.7. The standard InChI is InChI=1S/C66H66N4O/c1-62(2,3)41-32-47-48-33-42(63(4,5)6)35-52(65(10,11)12)60(48)66(59(47)51(34-41)64(7,8)9)49-30-29-43(36-56(49)69-39-68(13)54-27-21-25-50(66)61(54)69)71-57-38-55-46(37-45(57)40-22-15-14-16-23-40)44-24-17-18-26-53(44)70(55)58-28-19-20-31-67-58/h14-38H,39H2,1-13H3. The van der Waals surface area contributed by atoms with Crippen molar-refractivity contribution in [2.45, 2.75) is 110 Å². The summed E-state index contributed by atoms with van der Waals surface area (Å²) in [4.78, 5) is 9.85. The van der Waals surface area contributed by atoms with Crippen molar-refractivity contribution in [2.24, 2.45) is 0 Å². The highest BCUT2D eigenvalue weighted by Crippen LogP contribution is 2.68. The maximum Gasteiger partial charge on any atom is 0.137 e. The molecule has 2 aromatic heterocycles. The van der Waals surface area contributed by atoms with Crippen molar-refractivity contribution >= 4 is 38.9 Å². The minimum Gasteiger partial charge on any atom is -0.457 e. The second-order valence-corrected chi connectivity index (χ2v) is 24.6. The molecule has 0 N–H and O–H groups in total. The molecule has 0 saturated carbocycles. The molecular weight excluding hydrogens is 865 g/mol. The molecule has 1 spiro atoms. The summed E-state index contributed by atoms with van der Waals surface area (Å²) in [5.41, 5.74) is 20.7. The molecule has 71 heavy (non-hydrogen) atoms. The van der Waals surface area contributed by atoms with Gasteiger partial charge in [0, 0.05) is 41.7 Å². The van der Waals surface area contributed by atoms with Gasteiger partial charge in [-0.3, -0.25) is 4.57 Å². The fraction of sp³-hybridized carbons (Fsp3) is 0.288. The van der Waals surface area contributed by atoms with Crippen LogP contribution in [0.15, 0.2) is 152 Å². The van der Waals surface area contributed by atoms with Gasteiger partial charge < -0.3 is 14.5 Å². The van der Waals surface area contributed by atoms with Crippen LogP contribution in [0.2, 0.25) is 0 Å². The van der Waals surface area contributed by atoms with E-state index in [1.54, 1.807) is 0 Å². The Bertz CT molecular complexity index is 3560. The van der Waals surface area contributed by atoms with Gasteiger partial charge in [-0.15, -0.1) is 0 Å². The largest absolute Gasteiger partial charge is 0.457 e. The lowest BCUT2D eigenvalue weighted by Gasteiger charge is -2.46. The molecular formula is C66H66N4O. The second-order valence-electron chi connectivity index (χ2n) is 24.6. The first kappa shape index (κ1) is 45.1. The monoisotopic (exact) mass is 931 g/mol. The first-order valence-corrected chi connectivity index (χ1v) is 25.5. The average Bonchev–Trinajstić information content (AvgIpc) is 3.95. The zero-order valence-corrected chi connectivity index (χ0v) is 43.8. The van der Waals surface area contributed by atoms with Crippen molar-refractivity contribution in [2.75, 3.05) is 23.5 Å². The highest BCUT2D eigenvalue weighted by Gasteiger charge is 2.57. The lowest BCUT2D eigenvalue weighted by atomic mass is 9.59. The molecule has 2 aliphatic heterocycles. The Kier molecular flexibility index (Phi) is 9.65. The van der Waals surface area contributed by atoms with Gasteiger partial charge in [0.2, 0.25) is 0 Å². The number of hydrogen-bond donors (Lipinski definition) is 0. The van der Waals surface area contributed by atoms with Crippen LogP contribution in [0.4, 0.5) is 17.1 Å². The average molecular weight is 931 g/mol. The number of anilines is 3. The van der Waals surface area contributed by atoms with E-state index in [0.717, 1.165) is 51.5 Å². The third kappa shape index (κ3) is 6.68. The van der Waals surface area contributed by atoms with Crippen LogP contribution in [0.25, 0.3) is 49.9 Å². The second kappa shape index (κ2) is 15.2. The fourth-order valence-corrected chi connectivity index (χ4v) is 12.3. The van der Waals surface area contributed by atoms with Crippen LogP contribution in [0.5, 0.6) is 11.5 Å². The van der Waals surface area contributed by atoms with Crippen LogP contribution in [0.3, 0.4) is 0 Å². The van der Waals surface area contributed by atoms with Crippen LogP contribution in [-0.4, -0.2) is 23.3 Å². The van der Waals surface area contributed by atoms with E-state index in [2.05, 4.69) is 244 Å². The minimum absolute atomic E-state index is 0.0583. The van der Waals surface area contributed by atoms with Crippen LogP contribution in [-0.2, 0) is 27.1 Å². The summed E-state index contributed by atoms with van der Waals surface area (Å²) >= 11 is 0. The predicted octanol–water partition coefficient (Wildman–Crippen LogP) is 17.0. The Morgan fingerprint density at radius 2 is 1.14 bits per heavy atom. The minimum atomic E-state index is -0.638. The Morgan fingerprint density at radius 1 is 0.507 bits per heavy atom. The van der Waals surface area contributed by atoms with Crippen LogP contribution in [0, 0.1) is 0 Å². The summed E-state index contributed by atoms with van der Waals surface area (Å²) in [7, 11) is 2.24. The van der Waals surface area contributed by atoms with Crippen molar-refractivity contribution in [1.29, 1.82) is 0 Å². The SMILES string of the molecule is CN1CN2c3cc(Oc4cc5c(cc4-c4ccccc4)c4ccccc4n5-c4ccccn4)ccc3C3(c4cccc1c42)c1c(cc(C(C)(C)C)cc1C(C)(C)C)-c1cc(C(C)(C)C)cc(C(C)(C)C)c13. The molecule has 5 nitrogen and oxygen atoms in total. The summed E-state index contributed by atoms with van der Waals surface area (Å²) in [5.74, 6) is 2.46. The zero-order chi connectivity index (χ0) is 49.7. The van der Waals surface area contributed by atoms with E-state index in [1.165, 1.54) is 78.1 Å². The number of benzene rings is 7. The molecule has 12 rings (SSSR count). The van der Waals surface area contributed by atoms with E-state index < -0.39 is 5.41 Å². The molecule has 0 atom stereocenters. The topological polar surface area (TPSA) is 33.5 Å². The van der Waals surface area contributed by atoms with Crippen LogP contribution < -0.4 is 14.5 Å². The van der Waals surface area contributed by atoms with Gasteiger partial charge in [0.1, 0.15) is 17.3 Å².